The first kappa shape index (κ1) is 19.0. The first-order chi connectivity index (χ1) is 14.1. The van der Waals surface area contributed by atoms with Gasteiger partial charge in [0.1, 0.15) is 30.0 Å². The second-order valence-corrected chi connectivity index (χ2v) is 6.98. The van der Waals surface area contributed by atoms with E-state index in [4.69, 9.17) is 9.47 Å². The van der Waals surface area contributed by atoms with Crippen LogP contribution in [0.4, 0.5) is 0 Å². The quantitative estimate of drug-likeness (QED) is 0.471. The Bertz CT molecular complexity index is 1090. The minimum Gasteiger partial charge on any atom is -0.494 e. The maximum Gasteiger partial charge on any atom is 0.140 e. The fourth-order valence-corrected chi connectivity index (χ4v) is 3.15. The highest BCUT2D eigenvalue weighted by molar-refractivity contribution is 5.77. The molecule has 0 amide bonds. The number of nitrogens with one attached hydrogen (secondary N) is 1. The zero-order chi connectivity index (χ0) is 20.2. The summed E-state index contributed by atoms with van der Waals surface area (Å²) in [5.41, 5.74) is 4.72. The number of imidazole rings is 1. The lowest BCUT2D eigenvalue weighted by Gasteiger charge is -2.10. The van der Waals surface area contributed by atoms with Gasteiger partial charge in [-0.2, -0.15) is 0 Å². The van der Waals surface area contributed by atoms with E-state index >= 15 is 0 Å². The van der Waals surface area contributed by atoms with Gasteiger partial charge >= 0.3 is 0 Å². The summed E-state index contributed by atoms with van der Waals surface area (Å²) in [4.78, 5) is 7.69. The zero-order valence-electron chi connectivity index (χ0n) is 16.6. The molecule has 2 N–H and O–H groups in total. The third kappa shape index (κ3) is 4.41. The Kier molecular flexibility index (Phi) is 5.49. The number of nitrogens with zero attached hydrogens (tertiary/aromatic N) is 1. The number of H-pyrrole nitrogens is 1. The van der Waals surface area contributed by atoms with Crippen molar-refractivity contribution in [3.63, 3.8) is 0 Å². The molecule has 5 heteroatoms. The van der Waals surface area contributed by atoms with Gasteiger partial charge < -0.3 is 19.6 Å². The minimum absolute atomic E-state index is 0.502. The maximum atomic E-state index is 10.7. The van der Waals surface area contributed by atoms with Crippen molar-refractivity contribution in [2.45, 2.75) is 26.6 Å². The number of ether oxygens (including phenoxy) is 2. The highest BCUT2D eigenvalue weighted by Crippen LogP contribution is 2.26. The van der Waals surface area contributed by atoms with Crippen molar-refractivity contribution in [3.8, 4) is 11.5 Å². The van der Waals surface area contributed by atoms with E-state index in [-0.39, 0.29) is 0 Å². The van der Waals surface area contributed by atoms with Crippen molar-refractivity contribution in [2.75, 3.05) is 6.61 Å². The van der Waals surface area contributed by atoms with Crippen LogP contribution in [-0.4, -0.2) is 21.7 Å². The van der Waals surface area contributed by atoms with Crippen molar-refractivity contribution < 1.29 is 14.6 Å². The van der Waals surface area contributed by atoms with E-state index in [9.17, 15) is 5.11 Å². The second-order valence-electron chi connectivity index (χ2n) is 6.98. The molecule has 0 saturated heterocycles. The third-order valence-electron chi connectivity index (χ3n) is 4.76. The molecule has 148 valence electrons. The Balaban J connectivity index is 1.45. The van der Waals surface area contributed by atoms with Crippen molar-refractivity contribution in [3.05, 3.63) is 89.2 Å². The summed E-state index contributed by atoms with van der Waals surface area (Å²) in [6.45, 7) is 5.12. The summed E-state index contributed by atoms with van der Waals surface area (Å²) in [7, 11) is 0. The Morgan fingerprint density at radius 3 is 2.38 bits per heavy atom. The largest absolute Gasteiger partial charge is 0.494 e. The number of hydrogen-bond acceptors (Lipinski definition) is 4. The van der Waals surface area contributed by atoms with Crippen molar-refractivity contribution in [1.29, 1.82) is 0 Å². The van der Waals surface area contributed by atoms with E-state index in [2.05, 4.69) is 41.2 Å². The van der Waals surface area contributed by atoms with Crippen molar-refractivity contribution >= 4 is 11.0 Å². The molecule has 4 aromatic rings. The number of aromatic nitrogens is 2. The molecule has 0 fully saturated rings. The molecular weight excluding hydrogens is 364 g/mol. The normalized spacial score (nSPS) is 12.1. The lowest BCUT2D eigenvalue weighted by molar-refractivity contribution is 0.211. The highest BCUT2D eigenvalue weighted by Gasteiger charge is 2.15. The summed E-state index contributed by atoms with van der Waals surface area (Å²) in [6.07, 6.45) is -0.843. The van der Waals surface area contributed by atoms with Crippen LogP contribution in [0, 0.1) is 6.92 Å². The molecule has 0 spiro atoms. The number of aromatic amines is 1. The zero-order valence-corrected chi connectivity index (χ0v) is 16.6. The molecule has 1 unspecified atom stereocenters. The van der Waals surface area contributed by atoms with E-state index in [1.165, 1.54) is 5.56 Å². The lowest BCUT2D eigenvalue weighted by atomic mass is 10.1. The van der Waals surface area contributed by atoms with Crippen LogP contribution in [0.15, 0.2) is 66.7 Å². The summed E-state index contributed by atoms with van der Waals surface area (Å²) in [5, 5.41) is 10.7. The van der Waals surface area contributed by atoms with E-state index in [1.54, 1.807) is 0 Å². The maximum absolute atomic E-state index is 10.7. The molecule has 5 nitrogen and oxygen atoms in total. The number of benzene rings is 3. The second kappa shape index (κ2) is 8.37. The van der Waals surface area contributed by atoms with Gasteiger partial charge in [-0.15, -0.1) is 0 Å². The monoisotopic (exact) mass is 388 g/mol. The molecule has 0 bridgehead atoms. The molecule has 0 aliphatic rings. The van der Waals surface area contributed by atoms with Crippen LogP contribution in [0.5, 0.6) is 11.5 Å². The van der Waals surface area contributed by atoms with Crippen LogP contribution < -0.4 is 9.47 Å². The van der Waals surface area contributed by atoms with Gasteiger partial charge in [-0.1, -0.05) is 42.0 Å². The molecule has 1 heterocycles. The number of fused-ring (bicyclic) bond motifs is 1. The lowest BCUT2D eigenvalue weighted by Crippen LogP contribution is -2.02. The summed E-state index contributed by atoms with van der Waals surface area (Å²) >= 11 is 0. The standard InChI is InChI=1S/C24H24N2O3/c1-3-28-20-12-13-21-22(14-20)26-24(25-21)23(27)18-8-10-19(11-9-18)29-15-17-6-4-16(2)5-7-17/h4-14,23,27H,3,15H2,1-2H3,(H,25,26). The van der Waals surface area contributed by atoms with E-state index in [0.717, 1.165) is 33.7 Å². The fraction of sp³-hybridized carbons (Fsp3) is 0.208. The highest BCUT2D eigenvalue weighted by atomic mass is 16.5. The molecular formula is C24H24N2O3. The Morgan fingerprint density at radius 1 is 0.931 bits per heavy atom. The van der Waals surface area contributed by atoms with Gasteiger partial charge in [0.2, 0.25) is 0 Å². The topological polar surface area (TPSA) is 67.4 Å². The van der Waals surface area contributed by atoms with Crippen LogP contribution in [0.3, 0.4) is 0 Å². The predicted molar refractivity (Wildman–Crippen MR) is 113 cm³/mol. The fourth-order valence-electron chi connectivity index (χ4n) is 3.15. The van der Waals surface area contributed by atoms with Crippen molar-refractivity contribution in [1.82, 2.24) is 9.97 Å². The molecule has 0 aliphatic heterocycles. The number of rotatable bonds is 7. The van der Waals surface area contributed by atoms with Gasteiger partial charge in [0.05, 0.1) is 17.6 Å². The van der Waals surface area contributed by atoms with Gasteiger partial charge in [-0.05, 0) is 49.2 Å². The van der Waals surface area contributed by atoms with Crippen LogP contribution in [-0.2, 0) is 6.61 Å². The summed E-state index contributed by atoms with van der Waals surface area (Å²) in [5.74, 6) is 2.04. The minimum atomic E-state index is -0.843. The number of aryl methyl sites for hydroxylation is 1. The smallest absolute Gasteiger partial charge is 0.140 e. The first-order valence-corrected chi connectivity index (χ1v) is 9.71. The van der Waals surface area contributed by atoms with E-state index < -0.39 is 6.10 Å². The average molecular weight is 388 g/mol. The molecule has 4 rings (SSSR count). The van der Waals surface area contributed by atoms with E-state index in [1.807, 2.05) is 49.4 Å². The van der Waals surface area contributed by atoms with Crippen molar-refractivity contribution in [2.24, 2.45) is 0 Å². The molecule has 1 aromatic heterocycles. The number of aliphatic hydroxyl groups is 1. The molecule has 3 aromatic carbocycles. The molecule has 0 saturated carbocycles. The van der Waals surface area contributed by atoms with Gasteiger partial charge in [0, 0.05) is 6.07 Å². The SMILES string of the molecule is CCOc1ccc2nc(C(O)c3ccc(OCc4ccc(C)cc4)cc3)[nH]c2c1. The molecule has 29 heavy (non-hydrogen) atoms. The molecule has 0 aliphatic carbocycles. The van der Waals surface area contributed by atoms with Crippen LogP contribution in [0.2, 0.25) is 0 Å². The first-order valence-electron chi connectivity index (χ1n) is 9.71. The average Bonchev–Trinajstić information content (AvgIpc) is 3.17. The summed E-state index contributed by atoms with van der Waals surface area (Å²) < 4.78 is 11.4. The van der Waals surface area contributed by atoms with Crippen LogP contribution in [0.1, 0.15) is 35.5 Å². The summed E-state index contributed by atoms with van der Waals surface area (Å²) in [6, 6.07) is 21.4. The van der Waals surface area contributed by atoms with Gasteiger partial charge in [0.25, 0.3) is 0 Å². The van der Waals surface area contributed by atoms with Crippen LogP contribution in [0.25, 0.3) is 11.0 Å². The Hall–Kier alpha value is -3.31. The van der Waals surface area contributed by atoms with Crippen LogP contribution >= 0.6 is 0 Å². The predicted octanol–water partition coefficient (Wildman–Crippen LogP) is 4.93. The number of hydrogen-bond donors (Lipinski definition) is 2. The molecule has 1 atom stereocenters. The third-order valence-corrected chi connectivity index (χ3v) is 4.76. The van der Waals surface area contributed by atoms with Gasteiger partial charge in [-0.25, -0.2) is 4.98 Å². The van der Waals surface area contributed by atoms with Gasteiger partial charge in [-0.3, -0.25) is 0 Å². The van der Waals surface area contributed by atoms with E-state index in [0.29, 0.717) is 19.0 Å². The van der Waals surface area contributed by atoms with Gasteiger partial charge in [0.15, 0.2) is 0 Å². The Morgan fingerprint density at radius 2 is 1.66 bits per heavy atom. The Labute approximate surface area is 170 Å². The molecule has 0 radical (unpaired) electrons. The number of aliphatic hydroxyl groups excluding tert-OH is 1.